The van der Waals surface area contributed by atoms with Crippen LogP contribution in [0.1, 0.15) is 21.6 Å². The molecular formula is C13H11F3N2O2. The van der Waals surface area contributed by atoms with Gasteiger partial charge in [-0.15, -0.1) is 0 Å². The second-order valence-corrected chi connectivity index (χ2v) is 4.08. The van der Waals surface area contributed by atoms with Crippen molar-refractivity contribution in [2.45, 2.75) is 12.7 Å². The van der Waals surface area contributed by atoms with Crippen LogP contribution in [0.15, 0.2) is 36.5 Å². The summed E-state index contributed by atoms with van der Waals surface area (Å²) >= 11 is 0. The number of carbonyl (C=O) groups excluding carboxylic acids is 1. The van der Waals surface area contributed by atoms with Crippen LogP contribution in [0.2, 0.25) is 0 Å². The van der Waals surface area contributed by atoms with Gasteiger partial charge in [0.25, 0.3) is 0 Å². The Morgan fingerprint density at radius 2 is 1.90 bits per heavy atom. The van der Waals surface area contributed by atoms with Crippen LogP contribution in [0.3, 0.4) is 0 Å². The second kappa shape index (κ2) is 5.36. The van der Waals surface area contributed by atoms with Crippen LogP contribution < -0.4 is 0 Å². The van der Waals surface area contributed by atoms with Gasteiger partial charge in [0.1, 0.15) is 0 Å². The number of benzene rings is 1. The Kier molecular flexibility index (Phi) is 3.78. The number of esters is 1. The van der Waals surface area contributed by atoms with E-state index in [1.54, 1.807) is 24.3 Å². The lowest BCUT2D eigenvalue weighted by Gasteiger charge is -2.04. The summed E-state index contributed by atoms with van der Waals surface area (Å²) in [5.41, 5.74) is 0.186. The predicted molar refractivity (Wildman–Crippen MR) is 64.1 cm³/mol. The highest BCUT2D eigenvalue weighted by Crippen LogP contribution is 2.27. The van der Waals surface area contributed by atoms with Gasteiger partial charge in [-0.3, -0.25) is 4.68 Å². The number of alkyl halides is 3. The average molecular weight is 284 g/mol. The monoisotopic (exact) mass is 284 g/mol. The largest absolute Gasteiger partial charge is 0.465 e. The van der Waals surface area contributed by atoms with Crippen molar-refractivity contribution in [2.75, 3.05) is 7.11 Å². The quantitative estimate of drug-likeness (QED) is 0.814. The Bertz CT molecular complexity index is 603. The summed E-state index contributed by atoms with van der Waals surface area (Å²) in [7, 11) is 1.28. The number of methoxy groups -OCH3 is 1. The second-order valence-electron chi connectivity index (χ2n) is 4.08. The maximum Gasteiger partial charge on any atom is 0.435 e. The number of carbonyl (C=O) groups is 1. The van der Waals surface area contributed by atoms with Gasteiger partial charge in [-0.2, -0.15) is 18.3 Å². The number of nitrogens with zero attached hydrogens (tertiary/aromatic N) is 2. The molecule has 2 aromatic rings. The molecule has 7 heteroatoms. The highest BCUT2D eigenvalue weighted by molar-refractivity contribution is 5.89. The minimum absolute atomic E-state index is 0.192. The minimum Gasteiger partial charge on any atom is -0.465 e. The van der Waals surface area contributed by atoms with Crippen molar-refractivity contribution >= 4 is 5.97 Å². The fraction of sp³-hybridized carbons (Fsp3) is 0.231. The third-order valence-corrected chi connectivity index (χ3v) is 2.65. The van der Waals surface area contributed by atoms with Gasteiger partial charge in [0.15, 0.2) is 5.69 Å². The Hall–Kier alpha value is -2.31. The molecule has 0 radical (unpaired) electrons. The zero-order chi connectivity index (χ0) is 14.8. The van der Waals surface area contributed by atoms with Gasteiger partial charge >= 0.3 is 12.1 Å². The zero-order valence-corrected chi connectivity index (χ0v) is 10.5. The molecule has 0 bridgehead atoms. The zero-order valence-electron chi connectivity index (χ0n) is 10.5. The first-order valence-corrected chi connectivity index (χ1v) is 5.68. The summed E-state index contributed by atoms with van der Waals surface area (Å²) in [5, 5.41) is 3.45. The summed E-state index contributed by atoms with van der Waals surface area (Å²) in [5.74, 6) is -0.463. The molecule has 0 spiro atoms. The van der Waals surface area contributed by atoms with Crippen molar-refractivity contribution in [3.05, 3.63) is 53.3 Å². The van der Waals surface area contributed by atoms with E-state index in [9.17, 15) is 18.0 Å². The maximum atomic E-state index is 12.4. The summed E-state index contributed by atoms with van der Waals surface area (Å²) in [4.78, 5) is 11.2. The molecule has 0 unspecified atom stereocenters. The predicted octanol–water partition coefficient (Wildman–Crippen LogP) is 2.74. The van der Waals surface area contributed by atoms with Crippen LogP contribution in [-0.2, 0) is 17.5 Å². The summed E-state index contributed by atoms with van der Waals surface area (Å²) in [6.07, 6.45) is -3.18. The molecule has 1 aromatic carbocycles. The van der Waals surface area contributed by atoms with E-state index in [-0.39, 0.29) is 6.54 Å². The number of ether oxygens (including phenoxy) is 1. The van der Waals surface area contributed by atoms with Crippen molar-refractivity contribution in [2.24, 2.45) is 0 Å². The lowest BCUT2D eigenvalue weighted by molar-refractivity contribution is -0.141. The van der Waals surface area contributed by atoms with Gasteiger partial charge < -0.3 is 4.74 Å². The van der Waals surface area contributed by atoms with Crippen molar-refractivity contribution < 1.29 is 22.7 Å². The molecule has 0 atom stereocenters. The molecule has 1 heterocycles. The van der Waals surface area contributed by atoms with E-state index in [0.29, 0.717) is 5.56 Å². The average Bonchev–Trinajstić information content (AvgIpc) is 2.87. The van der Waals surface area contributed by atoms with E-state index in [1.165, 1.54) is 18.0 Å². The molecule has 1 aromatic heterocycles. The van der Waals surface area contributed by atoms with Crippen molar-refractivity contribution in [3.63, 3.8) is 0 Å². The first-order chi connectivity index (χ1) is 9.40. The number of rotatable bonds is 3. The van der Waals surface area contributed by atoms with Crippen LogP contribution in [0.25, 0.3) is 0 Å². The van der Waals surface area contributed by atoms with Crippen LogP contribution in [0.5, 0.6) is 0 Å². The summed E-state index contributed by atoms with van der Waals surface area (Å²) < 4.78 is 42.9. The van der Waals surface area contributed by atoms with Crippen molar-refractivity contribution in [1.29, 1.82) is 0 Å². The Labute approximate surface area is 112 Å². The Morgan fingerprint density at radius 3 is 2.40 bits per heavy atom. The third-order valence-electron chi connectivity index (χ3n) is 2.65. The fourth-order valence-corrected chi connectivity index (χ4v) is 1.65. The summed E-state index contributed by atoms with van der Waals surface area (Å²) in [6, 6.07) is 7.30. The van der Waals surface area contributed by atoms with E-state index in [2.05, 4.69) is 9.84 Å². The molecule has 2 rings (SSSR count). The highest BCUT2D eigenvalue weighted by atomic mass is 19.4. The molecule has 0 saturated heterocycles. The van der Waals surface area contributed by atoms with E-state index < -0.39 is 17.8 Å². The molecule has 0 amide bonds. The topological polar surface area (TPSA) is 44.1 Å². The molecule has 0 aliphatic heterocycles. The fourth-order valence-electron chi connectivity index (χ4n) is 1.65. The SMILES string of the molecule is COC(=O)c1ccc(Cn2ccc(C(F)(F)F)n2)cc1. The number of hydrogen-bond acceptors (Lipinski definition) is 3. The molecule has 106 valence electrons. The van der Waals surface area contributed by atoms with Gasteiger partial charge in [0.2, 0.25) is 0 Å². The van der Waals surface area contributed by atoms with Crippen LogP contribution in [0, 0.1) is 0 Å². The first kappa shape index (κ1) is 14.1. The molecular weight excluding hydrogens is 273 g/mol. The van der Waals surface area contributed by atoms with Gasteiger partial charge in [-0.05, 0) is 23.8 Å². The molecule has 0 saturated carbocycles. The molecule has 0 fully saturated rings. The van der Waals surface area contributed by atoms with Crippen LogP contribution >= 0.6 is 0 Å². The Balaban J connectivity index is 2.10. The maximum absolute atomic E-state index is 12.4. The minimum atomic E-state index is -4.44. The van der Waals surface area contributed by atoms with Crippen LogP contribution in [-0.4, -0.2) is 22.9 Å². The smallest absolute Gasteiger partial charge is 0.435 e. The molecule has 20 heavy (non-hydrogen) atoms. The lowest BCUT2D eigenvalue weighted by atomic mass is 10.1. The van der Waals surface area contributed by atoms with Gasteiger partial charge in [-0.25, -0.2) is 4.79 Å². The molecule has 0 aliphatic carbocycles. The molecule has 0 N–H and O–H groups in total. The van der Waals surface area contributed by atoms with Crippen LogP contribution in [0.4, 0.5) is 13.2 Å². The normalized spacial score (nSPS) is 11.4. The van der Waals surface area contributed by atoms with Gasteiger partial charge in [0.05, 0.1) is 19.2 Å². The number of hydrogen-bond donors (Lipinski definition) is 0. The van der Waals surface area contributed by atoms with E-state index in [1.807, 2.05) is 0 Å². The third kappa shape index (κ3) is 3.17. The van der Waals surface area contributed by atoms with Gasteiger partial charge in [-0.1, -0.05) is 12.1 Å². The standard InChI is InChI=1S/C13H11F3N2O2/c1-20-12(19)10-4-2-9(3-5-10)8-18-7-6-11(17-18)13(14,15)16/h2-7H,8H2,1H3. The molecule has 0 aliphatic rings. The first-order valence-electron chi connectivity index (χ1n) is 5.68. The van der Waals surface area contributed by atoms with Crippen molar-refractivity contribution in [3.8, 4) is 0 Å². The van der Waals surface area contributed by atoms with Crippen molar-refractivity contribution in [1.82, 2.24) is 9.78 Å². The summed E-state index contributed by atoms with van der Waals surface area (Å²) in [6.45, 7) is 0.192. The van der Waals surface area contributed by atoms with E-state index in [4.69, 9.17) is 0 Å². The van der Waals surface area contributed by atoms with E-state index >= 15 is 0 Å². The van der Waals surface area contributed by atoms with E-state index in [0.717, 1.165) is 11.6 Å². The number of aromatic nitrogens is 2. The molecule has 4 nitrogen and oxygen atoms in total. The highest BCUT2D eigenvalue weighted by Gasteiger charge is 2.33. The van der Waals surface area contributed by atoms with Gasteiger partial charge in [0, 0.05) is 6.20 Å². The Morgan fingerprint density at radius 1 is 1.25 bits per heavy atom. The number of halogens is 3. The lowest BCUT2D eigenvalue weighted by Crippen LogP contribution is -2.08.